The molecule has 1 unspecified atom stereocenters. The van der Waals surface area contributed by atoms with Gasteiger partial charge in [0, 0.05) is 37.8 Å². The van der Waals surface area contributed by atoms with Crippen molar-refractivity contribution in [3.63, 3.8) is 0 Å². The first-order valence-electron chi connectivity index (χ1n) is 10.5. The molecule has 162 valence electrons. The lowest BCUT2D eigenvalue weighted by Gasteiger charge is -2.20. The van der Waals surface area contributed by atoms with Crippen LogP contribution in [-0.2, 0) is 0 Å². The molecule has 0 spiro atoms. The lowest BCUT2D eigenvalue weighted by Crippen LogP contribution is -2.28. The number of carbonyl (C=O) groups excluding carboxylic acids is 1. The molecule has 2 aromatic heterocycles. The lowest BCUT2D eigenvalue weighted by molar-refractivity contribution is 0.0953. The van der Waals surface area contributed by atoms with Gasteiger partial charge in [0.1, 0.15) is 23.5 Å². The van der Waals surface area contributed by atoms with Gasteiger partial charge in [-0.15, -0.1) is 0 Å². The molecule has 0 aromatic carbocycles. The fourth-order valence-electron chi connectivity index (χ4n) is 4.28. The highest BCUT2D eigenvalue weighted by Crippen LogP contribution is 2.33. The van der Waals surface area contributed by atoms with Crippen LogP contribution in [0.15, 0.2) is 41.7 Å². The van der Waals surface area contributed by atoms with Gasteiger partial charge in [-0.3, -0.25) is 4.79 Å². The summed E-state index contributed by atoms with van der Waals surface area (Å²) in [7, 11) is 1.74. The van der Waals surface area contributed by atoms with Crippen LogP contribution < -0.4 is 10.6 Å². The fourth-order valence-corrected chi connectivity index (χ4v) is 4.28. The molecule has 31 heavy (non-hydrogen) atoms. The van der Waals surface area contributed by atoms with E-state index in [-0.39, 0.29) is 29.9 Å². The molecule has 1 atom stereocenters. The predicted octanol–water partition coefficient (Wildman–Crippen LogP) is 3.29. The summed E-state index contributed by atoms with van der Waals surface area (Å²) in [6.45, 7) is 0.191. The van der Waals surface area contributed by atoms with Crippen LogP contribution in [0, 0.1) is 11.3 Å². The fraction of sp³-hybridized carbons (Fsp3) is 0.409. The van der Waals surface area contributed by atoms with Gasteiger partial charge in [0.15, 0.2) is 11.3 Å². The van der Waals surface area contributed by atoms with E-state index in [9.17, 15) is 9.18 Å². The number of halogens is 1. The Morgan fingerprint density at radius 2 is 2.16 bits per heavy atom. The number of allylic oxidation sites excluding steroid dienone is 4. The van der Waals surface area contributed by atoms with Crippen molar-refractivity contribution in [2.24, 2.45) is 5.92 Å². The monoisotopic (exact) mass is 423 g/mol. The molecule has 8 nitrogen and oxygen atoms in total. The zero-order chi connectivity index (χ0) is 21.8. The van der Waals surface area contributed by atoms with Gasteiger partial charge in [-0.25, -0.2) is 19.3 Å². The Bertz CT molecular complexity index is 1080. The van der Waals surface area contributed by atoms with E-state index >= 15 is 0 Å². The summed E-state index contributed by atoms with van der Waals surface area (Å²) in [5.41, 5.74) is 2.67. The van der Waals surface area contributed by atoms with Gasteiger partial charge in [0.25, 0.3) is 5.91 Å². The van der Waals surface area contributed by atoms with E-state index in [4.69, 9.17) is 5.41 Å². The topological polar surface area (TPSA) is 119 Å². The highest BCUT2D eigenvalue weighted by atomic mass is 19.1. The highest BCUT2D eigenvalue weighted by molar-refractivity contribution is 6.02. The van der Waals surface area contributed by atoms with E-state index in [0.29, 0.717) is 29.1 Å². The summed E-state index contributed by atoms with van der Waals surface area (Å²) < 4.78 is 14.1. The molecule has 0 bridgehead atoms. The number of rotatable bonds is 7. The van der Waals surface area contributed by atoms with Crippen molar-refractivity contribution in [1.82, 2.24) is 30.6 Å². The largest absolute Gasteiger partial charge is 0.394 e. The Morgan fingerprint density at radius 3 is 2.90 bits per heavy atom. The third-order valence-electron chi connectivity index (χ3n) is 5.83. The predicted molar refractivity (Wildman–Crippen MR) is 117 cm³/mol. The van der Waals surface area contributed by atoms with Crippen molar-refractivity contribution in [2.75, 3.05) is 13.6 Å². The Morgan fingerprint density at radius 1 is 1.35 bits per heavy atom. The van der Waals surface area contributed by atoms with Crippen LogP contribution in [0.2, 0.25) is 0 Å². The first kappa shape index (κ1) is 20.9. The summed E-state index contributed by atoms with van der Waals surface area (Å²) in [4.78, 5) is 29.0. The molecular weight excluding hydrogens is 397 g/mol. The van der Waals surface area contributed by atoms with E-state index in [1.54, 1.807) is 13.2 Å². The zero-order valence-electron chi connectivity index (χ0n) is 17.4. The average Bonchev–Trinajstić information content (AvgIpc) is 3.44. The van der Waals surface area contributed by atoms with Crippen molar-refractivity contribution in [3.8, 4) is 0 Å². The van der Waals surface area contributed by atoms with Crippen LogP contribution in [0.5, 0.6) is 0 Å². The molecular formula is C22H26FN7O. The van der Waals surface area contributed by atoms with Gasteiger partial charge < -0.3 is 21.0 Å². The number of carbonyl (C=O) groups is 1. The molecule has 0 saturated heterocycles. The number of aromatic amines is 1. The quantitative estimate of drug-likeness (QED) is 0.510. The van der Waals surface area contributed by atoms with E-state index in [0.717, 1.165) is 24.2 Å². The smallest absolute Gasteiger partial charge is 0.272 e. The molecule has 0 aliphatic heterocycles. The van der Waals surface area contributed by atoms with Crippen molar-refractivity contribution in [3.05, 3.63) is 53.2 Å². The van der Waals surface area contributed by atoms with Gasteiger partial charge >= 0.3 is 0 Å². The lowest BCUT2D eigenvalue weighted by atomic mass is 9.88. The highest BCUT2D eigenvalue weighted by Gasteiger charge is 2.24. The molecule has 1 amide bonds. The second kappa shape index (κ2) is 9.20. The summed E-state index contributed by atoms with van der Waals surface area (Å²) >= 11 is 0. The van der Waals surface area contributed by atoms with Crippen molar-refractivity contribution in [2.45, 2.75) is 38.0 Å². The summed E-state index contributed by atoms with van der Waals surface area (Å²) in [6.07, 6.45) is 12.2. The van der Waals surface area contributed by atoms with Crippen molar-refractivity contribution >= 4 is 23.3 Å². The number of hydrogen-bond donors (Lipinski definition) is 4. The molecule has 2 heterocycles. The molecule has 0 radical (unpaired) electrons. The van der Waals surface area contributed by atoms with Crippen LogP contribution in [0.4, 0.5) is 4.39 Å². The normalized spacial score (nSPS) is 19.8. The van der Waals surface area contributed by atoms with Crippen LogP contribution in [-0.4, -0.2) is 45.7 Å². The van der Waals surface area contributed by atoms with Crippen molar-refractivity contribution < 1.29 is 9.18 Å². The Labute approximate surface area is 179 Å². The summed E-state index contributed by atoms with van der Waals surface area (Å²) in [6, 6.07) is 0. The average molecular weight is 423 g/mol. The molecule has 2 aliphatic carbocycles. The van der Waals surface area contributed by atoms with E-state index in [1.165, 1.54) is 37.5 Å². The first-order valence-corrected chi connectivity index (χ1v) is 10.5. The third kappa shape index (κ3) is 4.55. The van der Waals surface area contributed by atoms with Gasteiger partial charge in [-0.2, -0.15) is 0 Å². The molecule has 2 aliphatic rings. The Kier molecular flexibility index (Phi) is 6.20. The van der Waals surface area contributed by atoms with Crippen LogP contribution in [0.3, 0.4) is 0 Å². The maximum absolute atomic E-state index is 14.1. The van der Waals surface area contributed by atoms with Crippen LogP contribution >= 0.6 is 0 Å². The molecule has 2 aromatic rings. The number of amides is 1. The minimum Gasteiger partial charge on any atom is -0.394 e. The summed E-state index contributed by atoms with van der Waals surface area (Å²) in [5.74, 6) is 0.248. The molecule has 4 rings (SSSR count). The summed E-state index contributed by atoms with van der Waals surface area (Å²) in [5, 5.41) is 13.3. The van der Waals surface area contributed by atoms with Gasteiger partial charge in [0.2, 0.25) is 0 Å². The van der Waals surface area contributed by atoms with Gasteiger partial charge in [-0.05, 0) is 42.6 Å². The number of hydrogen-bond acceptors (Lipinski definition) is 6. The first-order chi connectivity index (χ1) is 15.1. The number of imidazole rings is 1. The number of aromatic nitrogens is 4. The van der Waals surface area contributed by atoms with E-state index in [2.05, 4.69) is 30.6 Å². The molecule has 1 saturated carbocycles. The van der Waals surface area contributed by atoms with Crippen LogP contribution in [0.1, 0.15) is 54.3 Å². The standard InChI is InChI=1S/C22H26FN7O/c1-25-11-16(9-24)15-6-13(7-17(23)8-15)10-26-22(31)19-18-21(28-12-27-19)30-20(29-18)14-4-2-3-5-14/h7-9,11-12,14-15,24-25H,2-6,10H2,1H3,(H,26,31)(H,27,28,29,30)/b16-11+,24-9?. The number of H-pyrrole nitrogens is 1. The molecule has 9 heteroatoms. The second-order valence-corrected chi connectivity index (χ2v) is 7.95. The van der Waals surface area contributed by atoms with Gasteiger partial charge in [0.05, 0.1) is 0 Å². The number of nitrogens with one attached hydrogen (secondary N) is 4. The Balaban J connectivity index is 1.47. The molecule has 4 N–H and O–H groups in total. The second-order valence-electron chi connectivity index (χ2n) is 7.95. The number of nitrogens with zero attached hydrogens (tertiary/aromatic N) is 3. The van der Waals surface area contributed by atoms with E-state index in [1.807, 2.05) is 0 Å². The minimum absolute atomic E-state index is 0.191. The SMILES string of the molecule is CN/C=C(\C=N)C1C=C(F)C=C(CNC(=O)c2ncnc3nc(C4CCCC4)[nH]c23)C1. The minimum atomic E-state index is -0.372. The maximum Gasteiger partial charge on any atom is 0.272 e. The Hall–Kier alpha value is -3.36. The maximum atomic E-state index is 14.1. The number of fused-ring (bicyclic) bond motifs is 1. The van der Waals surface area contributed by atoms with Crippen molar-refractivity contribution in [1.29, 1.82) is 5.41 Å². The van der Waals surface area contributed by atoms with Gasteiger partial charge in [-0.1, -0.05) is 12.8 Å². The molecule has 1 fully saturated rings. The van der Waals surface area contributed by atoms with Crippen LogP contribution in [0.25, 0.3) is 11.2 Å². The third-order valence-corrected chi connectivity index (χ3v) is 5.83. The zero-order valence-corrected chi connectivity index (χ0v) is 17.4. The van der Waals surface area contributed by atoms with E-state index < -0.39 is 0 Å².